The lowest BCUT2D eigenvalue weighted by atomic mass is 10.3. The number of hydrogen-bond donors (Lipinski definition) is 1. The fourth-order valence-corrected chi connectivity index (χ4v) is 1.55. The van der Waals surface area contributed by atoms with Crippen molar-refractivity contribution in [3.8, 4) is 0 Å². The Bertz CT molecular complexity index is 547. The van der Waals surface area contributed by atoms with Gasteiger partial charge < -0.3 is 10.6 Å². The smallest absolute Gasteiger partial charge is 0.274 e. The highest BCUT2D eigenvalue weighted by Crippen LogP contribution is 2.06. The van der Waals surface area contributed by atoms with Crippen molar-refractivity contribution >= 4 is 11.7 Å². The van der Waals surface area contributed by atoms with E-state index in [4.69, 9.17) is 5.73 Å². The number of carbonyl (C=O) groups is 1. The van der Waals surface area contributed by atoms with Gasteiger partial charge in [-0.1, -0.05) is 0 Å². The Hall–Kier alpha value is -2.44. The van der Waals surface area contributed by atoms with Gasteiger partial charge in [0.15, 0.2) is 5.69 Å². The largest absolute Gasteiger partial charge is 0.382 e. The van der Waals surface area contributed by atoms with Gasteiger partial charge >= 0.3 is 0 Å². The Labute approximate surface area is 104 Å². The predicted octanol–water partition coefficient (Wildman–Crippen LogP) is 0.0645. The molecule has 0 fully saturated rings. The van der Waals surface area contributed by atoms with E-state index in [1.807, 2.05) is 13.2 Å². The number of aromatic nitrogens is 4. The molecular weight excluding hydrogens is 232 g/mol. The van der Waals surface area contributed by atoms with Gasteiger partial charge in [0.2, 0.25) is 0 Å². The highest BCUT2D eigenvalue weighted by molar-refractivity contribution is 5.92. The summed E-state index contributed by atoms with van der Waals surface area (Å²) in [6.07, 6.45) is 3.58. The average Bonchev–Trinajstić information content (AvgIpc) is 2.75. The van der Waals surface area contributed by atoms with E-state index in [2.05, 4.69) is 15.3 Å². The molecule has 1 amide bonds. The third-order valence-corrected chi connectivity index (χ3v) is 2.43. The molecule has 0 aromatic carbocycles. The first-order valence-electron chi connectivity index (χ1n) is 5.38. The molecule has 0 bridgehead atoms. The van der Waals surface area contributed by atoms with Crippen molar-refractivity contribution in [1.82, 2.24) is 24.9 Å². The molecule has 0 radical (unpaired) electrons. The van der Waals surface area contributed by atoms with Crippen LogP contribution in [-0.4, -0.2) is 37.8 Å². The number of aryl methyl sites for hydroxylation is 1. The van der Waals surface area contributed by atoms with Crippen LogP contribution in [0.25, 0.3) is 0 Å². The van der Waals surface area contributed by atoms with E-state index >= 15 is 0 Å². The molecule has 2 aromatic rings. The number of amides is 1. The molecule has 0 atom stereocenters. The van der Waals surface area contributed by atoms with Gasteiger partial charge in [-0.15, -0.1) is 10.2 Å². The average molecular weight is 246 g/mol. The lowest BCUT2D eigenvalue weighted by Gasteiger charge is -2.15. The summed E-state index contributed by atoms with van der Waals surface area (Å²) < 4.78 is 1.69. The zero-order chi connectivity index (χ0) is 13.1. The lowest BCUT2D eigenvalue weighted by Crippen LogP contribution is -2.27. The SMILES string of the molecule is CN(Cc1cnn(C)c1)C(=O)c1ccc(N)nn1. The Morgan fingerprint density at radius 1 is 1.44 bits per heavy atom. The molecule has 0 unspecified atom stereocenters. The summed E-state index contributed by atoms with van der Waals surface area (Å²) in [5, 5.41) is 11.5. The molecule has 0 aliphatic rings. The minimum Gasteiger partial charge on any atom is -0.382 e. The van der Waals surface area contributed by atoms with Crippen molar-refractivity contribution in [2.45, 2.75) is 6.54 Å². The van der Waals surface area contributed by atoms with Crippen LogP contribution in [0.15, 0.2) is 24.5 Å². The highest BCUT2D eigenvalue weighted by Gasteiger charge is 2.14. The monoisotopic (exact) mass is 246 g/mol. The summed E-state index contributed by atoms with van der Waals surface area (Å²) in [5.41, 5.74) is 6.65. The fraction of sp³-hybridized carbons (Fsp3) is 0.273. The second-order valence-corrected chi connectivity index (χ2v) is 4.03. The number of nitrogens with two attached hydrogens (primary N) is 1. The van der Waals surface area contributed by atoms with Gasteiger partial charge in [0.1, 0.15) is 5.82 Å². The number of anilines is 1. The van der Waals surface area contributed by atoms with Gasteiger partial charge in [0.25, 0.3) is 5.91 Å². The number of nitrogen functional groups attached to an aromatic ring is 1. The van der Waals surface area contributed by atoms with Crippen LogP contribution >= 0.6 is 0 Å². The predicted molar refractivity (Wildman–Crippen MR) is 65.4 cm³/mol. The second kappa shape index (κ2) is 4.82. The van der Waals surface area contributed by atoms with Crippen LogP contribution in [0.3, 0.4) is 0 Å². The summed E-state index contributed by atoms with van der Waals surface area (Å²) in [6, 6.07) is 3.11. The maximum Gasteiger partial charge on any atom is 0.274 e. The fourth-order valence-electron chi connectivity index (χ4n) is 1.55. The van der Waals surface area contributed by atoms with Crippen molar-refractivity contribution in [2.75, 3.05) is 12.8 Å². The van der Waals surface area contributed by atoms with Gasteiger partial charge in [-0.05, 0) is 12.1 Å². The topological polar surface area (TPSA) is 89.9 Å². The van der Waals surface area contributed by atoms with Gasteiger partial charge in [0, 0.05) is 32.4 Å². The van der Waals surface area contributed by atoms with Crippen LogP contribution in [0, 0.1) is 0 Å². The maximum absolute atomic E-state index is 12.0. The minimum atomic E-state index is -0.202. The molecular formula is C11H14N6O. The Morgan fingerprint density at radius 2 is 2.22 bits per heavy atom. The van der Waals surface area contributed by atoms with Crippen LogP contribution in [0.2, 0.25) is 0 Å². The number of nitrogens with zero attached hydrogens (tertiary/aromatic N) is 5. The van der Waals surface area contributed by atoms with Crippen molar-refractivity contribution in [1.29, 1.82) is 0 Å². The van der Waals surface area contributed by atoms with E-state index in [0.29, 0.717) is 12.4 Å². The van der Waals surface area contributed by atoms with Gasteiger partial charge in [-0.3, -0.25) is 9.48 Å². The van der Waals surface area contributed by atoms with Crippen LogP contribution in [0.5, 0.6) is 0 Å². The molecule has 0 saturated carbocycles. The second-order valence-electron chi connectivity index (χ2n) is 4.03. The first-order chi connectivity index (χ1) is 8.56. The molecule has 7 heteroatoms. The van der Waals surface area contributed by atoms with Crippen LogP contribution < -0.4 is 5.73 Å². The molecule has 0 aliphatic carbocycles. The van der Waals surface area contributed by atoms with E-state index in [1.165, 1.54) is 0 Å². The van der Waals surface area contributed by atoms with Crippen molar-refractivity contribution < 1.29 is 4.79 Å². The van der Waals surface area contributed by atoms with Gasteiger partial charge in [-0.2, -0.15) is 5.10 Å². The summed E-state index contributed by atoms with van der Waals surface area (Å²) in [4.78, 5) is 13.6. The third kappa shape index (κ3) is 2.62. The van der Waals surface area contributed by atoms with E-state index in [0.717, 1.165) is 5.56 Å². The first kappa shape index (κ1) is 12.0. The van der Waals surface area contributed by atoms with Crippen LogP contribution in [-0.2, 0) is 13.6 Å². The molecule has 0 spiro atoms. The molecule has 0 saturated heterocycles. The van der Waals surface area contributed by atoms with Gasteiger partial charge in [0.05, 0.1) is 6.20 Å². The van der Waals surface area contributed by atoms with E-state index in [-0.39, 0.29) is 11.6 Å². The molecule has 2 N–H and O–H groups in total. The molecule has 2 rings (SSSR count). The quantitative estimate of drug-likeness (QED) is 0.827. The maximum atomic E-state index is 12.0. The van der Waals surface area contributed by atoms with Crippen molar-refractivity contribution in [2.24, 2.45) is 7.05 Å². The molecule has 2 aromatic heterocycles. The molecule has 18 heavy (non-hydrogen) atoms. The number of carbonyl (C=O) groups excluding carboxylic acids is 1. The number of rotatable bonds is 3. The Morgan fingerprint density at radius 3 is 2.78 bits per heavy atom. The molecule has 0 aliphatic heterocycles. The van der Waals surface area contributed by atoms with E-state index in [9.17, 15) is 4.79 Å². The minimum absolute atomic E-state index is 0.202. The highest BCUT2D eigenvalue weighted by atomic mass is 16.2. The molecule has 2 heterocycles. The van der Waals surface area contributed by atoms with E-state index < -0.39 is 0 Å². The van der Waals surface area contributed by atoms with Gasteiger partial charge in [-0.25, -0.2) is 0 Å². The first-order valence-corrected chi connectivity index (χ1v) is 5.38. The standard InChI is InChI=1S/C11H14N6O/c1-16(6-8-5-13-17(2)7-8)11(18)9-3-4-10(12)15-14-9/h3-5,7H,6H2,1-2H3,(H2,12,15). The summed E-state index contributed by atoms with van der Waals surface area (Å²) in [6.45, 7) is 0.471. The lowest BCUT2D eigenvalue weighted by molar-refractivity contribution is 0.0778. The van der Waals surface area contributed by atoms with Crippen molar-refractivity contribution in [3.05, 3.63) is 35.8 Å². The zero-order valence-electron chi connectivity index (χ0n) is 10.2. The summed E-state index contributed by atoms with van der Waals surface area (Å²) in [5.74, 6) is 0.0906. The Kier molecular flexibility index (Phi) is 3.22. The summed E-state index contributed by atoms with van der Waals surface area (Å²) >= 11 is 0. The molecule has 94 valence electrons. The summed E-state index contributed by atoms with van der Waals surface area (Å²) in [7, 11) is 3.53. The number of hydrogen-bond acceptors (Lipinski definition) is 5. The normalized spacial score (nSPS) is 10.3. The van der Waals surface area contributed by atoms with Crippen LogP contribution in [0.1, 0.15) is 16.1 Å². The Balaban J connectivity index is 2.07. The van der Waals surface area contributed by atoms with Crippen LogP contribution in [0.4, 0.5) is 5.82 Å². The van der Waals surface area contributed by atoms with E-state index in [1.54, 1.807) is 35.0 Å². The molecule has 7 nitrogen and oxygen atoms in total. The third-order valence-electron chi connectivity index (χ3n) is 2.43. The van der Waals surface area contributed by atoms with Crippen molar-refractivity contribution in [3.63, 3.8) is 0 Å². The zero-order valence-corrected chi connectivity index (χ0v) is 10.2.